The third kappa shape index (κ3) is 34.9. The van der Waals surface area contributed by atoms with Crippen LogP contribution in [-0.2, 0) is 28.5 Å². The fraction of sp³-hybridized carbons (Fsp3) is 0.849. The van der Waals surface area contributed by atoms with Gasteiger partial charge in [-0.3, -0.25) is 9.59 Å². The zero-order chi connectivity index (χ0) is 45.9. The Balaban J connectivity index is 2.22. The van der Waals surface area contributed by atoms with E-state index in [1.165, 1.54) is 128 Å². The standard InChI is InChI=1S/C53H96O10/c1-3-5-7-9-11-13-15-17-19-20-21-22-23-24-25-26-28-29-31-33-35-37-39-41-48(55)60-44-46(45-61-53-52(59)51(58)50(57)47(43-54)63-53)62-49(56)42-40-38-36-34-32-30-27-18-16-14-12-10-8-6-4-2/h6,8,12,14,18,27,46-47,50-54,57-59H,3-5,7,9-11,13,15-17,19-26,28-45H2,1-2H3/b8-6-,14-12-,27-18-. The van der Waals surface area contributed by atoms with Crippen LogP contribution in [0.3, 0.4) is 0 Å². The lowest BCUT2D eigenvalue weighted by atomic mass is 9.99. The van der Waals surface area contributed by atoms with Gasteiger partial charge in [0.15, 0.2) is 12.4 Å². The van der Waals surface area contributed by atoms with E-state index in [0.29, 0.717) is 6.42 Å². The summed E-state index contributed by atoms with van der Waals surface area (Å²) in [5.74, 6) is -0.817. The van der Waals surface area contributed by atoms with E-state index in [9.17, 15) is 30.0 Å². The number of ether oxygens (including phenoxy) is 4. The summed E-state index contributed by atoms with van der Waals surface area (Å²) in [6.07, 6.45) is 44.5. The van der Waals surface area contributed by atoms with Crippen molar-refractivity contribution in [3.8, 4) is 0 Å². The first-order chi connectivity index (χ1) is 30.8. The Bertz CT molecular complexity index is 1120. The Morgan fingerprint density at radius 1 is 0.508 bits per heavy atom. The maximum Gasteiger partial charge on any atom is 0.306 e. The molecule has 1 saturated heterocycles. The third-order valence-electron chi connectivity index (χ3n) is 12.0. The van der Waals surface area contributed by atoms with Crippen molar-refractivity contribution in [2.75, 3.05) is 19.8 Å². The first-order valence-electron chi connectivity index (χ1n) is 26.1. The highest BCUT2D eigenvalue weighted by atomic mass is 16.7. The van der Waals surface area contributed by atoms with Gasteiger partial charge in [-0.05, 0) is 44.9 Å². The molecule has 1 heterocycles. The normalized spacial score (nSPS) is 19.7. The molecule has 4 N–H and O–H groups in total. The average Bonchev–Trinajstić information content (AvgIpc) is 3.28. The van der Waals surface area contributed by atoms with Crippen LogP contribution in [0.2, 0.25) is 0 Å². The van der Waals surface area contributed by atoms with Gasteiger partial charge in [0, 0.05) is 12.8 Å². The van der Waals surface area contributed by atoms with Crippen molar-refractivity contribution >= 4 is 11.9 Å². The van der Waals surface area contributed by atoms with Crippen molar-refractivity contribution in [3.63, 3.8) is 0 Å². The van der Waals surface area contributed by atoms with E-state index in [2.05, 4.69) is 50.3 Å². The van der Waals surface area contributed by atoms with Crippen molar-refractivity contribution in [2.24, 2.45) is 0 Å². The molecule has 63 heavy (non-hydrogen) atoms. The van der Waals surface area contributed by atoms with Crippen LogP contribution in [0.25, 0.3) is 0 Å². The van der Waals surface area contributed by atoms with Crippen molar-refractivity contribution in [1.82, 2.24) is 0 Å². The number of carbonyl (C=O) groups is 2. The van der Waals surface area contributed by atoms with Gasteiger partial charge in [0.1, 0.15) is 31.0 Å². The van der Waals surface area contributed by atoms with Gasteiger partial charge in [0.25, 0.3) is 0 Å². The molecular formula is C53H96O10. The van der Waals surface area contributed by atoms with Crippen LogP contribution in [0.5, 0.6) is 0 Å². The number of esters is 2. The molecule has 0 bridgehead atoms. The van der Waals surface area contributed by atoms with Gasteiger partial charge >= 0.3 is 11.9 Å². The van der Waals surface area contributed by atoms with E-state index in [1.807, 2.05) is 0 Å². The second-order valence-corrected chi connectivity index (χ2v) is 18.0. The number of hydrogen-bond acceptors (Lipinski definition) is 10. The predicted octanol–water partition coefficient (Wildman–Crippen LogP) is 12.2. The first kappa shape index (κ1) is 58.9. The zero-order valence-corrected chi connectivity index (χ0v) is 40.3. The minimum absolute atomic E-state index is 0.212. The Labute approximate surface area is 385 Å². The Hall–Kier alpha value is -2.08. The van der Waals surface area contributed by atoms with E-state index in [0.717, 1.165) is 70.6 Å². The summed E-state index contributed by atoms with van der Waals surface area (Å²) in [5, 5.41) is 40.2. The topological polar surface area (TPSA) is 152 Å². The molecule has 0 amide bonds. The number of aliphatic hydroxyl groups is 4. The van der Waals surface area contributed by atoms with Crippen molar-refractivity contribution in [2.45, 2.75) is 269 Å². The van der Waals surface area contributed by atoms with Crippen LogP contribution < -0.4 is 0 Å². The molecule has 1 rings (SSSR count). The maximum atomic E-state index is 12.8. The molecule has 0 radical (unpaired) electrons. The minimum atomic E-state index is -1.60. The Morgan fingerprint density at radius 3 is 1.41 bits per heavy atom. The smallest absolute Gasteiger partial charge is 0.306 e. The Morgan fingerprint density at radius 2 is 0.937 bits per heavy atom. The lowest BCUT2D eigenvalue weighted by Crippen LogP contribution is -2.59. The lowest BCUT2D eigenvalue weighted by Gasteiger charge is -2.39. The quantitative estimate of drug-likeness (QED) is 0.0264. The van der Waals surface area contributed by atoms with Gasteiger partial charge in [-0.1, -0.05) is 211 Å². The number of allylic oxidation sites excluding steroid dienone is 6. The number of hydrogen-bond donors (Lipinski definition) is 4. The summed E-state index contributed by atoms with van der Waals surface area (Å²) >= 11 is 0. The molecular weight excluding hydrogens is 797 g/mol. The largest absolute Gasteiger partial charge is 0.462 e. The van der Waals surface area contributed by atoms with E-state index < -0.39 is 49.4 Å². The summed E-state index contributed by atoms with van der Waals surface area (Å²) in [7, 11) is 0. The first-order valence-corrected chi connectivity index (χ1v) is 26.1. The van der Waals surface area contributed by atoms with Gasteiger partial charge < -0.3 is 39.4 Å². The van der Waals surface area contributed by atoms with Crippen LogP contribution in [0.1, 0.15) is 232 Å². The molecule has 1 aliphatic heterocycles. The van der Waals surface area contributed by atoms with E-state index in [1.54, 1.807) is 0 Å². The minimum Gasteiger partial charge on any atom is -0.462 e. The van der Waals surface area contributed by atoms with Crippen molar-refractivity contribution < 1.29 is 49.0 Å². The molecule has 0 aliphatic carbocycles. The third-order valence-corrected chi connectivity index (χ3v) is 12.0. The fourth-order valence-corrected chi connectivity index (χ4v) is 7.97. The lowest BCUT2D eigenvalue weighted by molar-refractivity contribution is -0.305. The van der Waals surface area contributed by atoms with Gasteiger partial charge in [0.2, 0.25) is 0 Å². The SMILES string of the molecule is CC/C=C\C/C=C\C/C=C\CCCCCCCC(=O)OC(COC(=O)CCCCCCCCCCCCCCCCCCCCCCCCC)COC1OC(CO)C(O)C(O)C1O. The predicted molar refractivity (Wildman–Crippen MR) is 256 cm³/mol. The van der Waals surface area contributed by atoms with Crippen LogP contribution >= 0.6 is 0 Å². The molecule has 10 nitrogen and oxygen atoms in total. The van der Waals surface area contributed by atoms with Gasteiger partial charge in [0.05, 0.1) is 13.2 Å². The average molecular weight is 893 g/mol. The summed E-state index contributed by atoms with van der Waals surface area (Å²) < 4.78 is 22.2. The summed E-state index contributed by atoms with van der Waals surface area (Å²) in [6.45, 7) is 3.33. The summed E-state index contributed by atoms with van der Waals surface area (Å²) in [4.78, 5) is 25.4. The van der Waals surface area contributed by atoms with Gasteiger partial charge in [-0.15, -0.1) is 0 Å². The highest BCUT2D eigenvalue weighted by Crippen LogP contribution is 2.23. The molecule has 6 unspecified atom stereocenters. The van der Waals surface area contributed by atoms with Gasteiger partial charge in [-0.25, -0.2) is 0 Å². The number of aliphatic hydroxyl groups excluding tert-OH is 4. The number of rotatable bonds is 44. The number of unbranched alkanes of at least 4 members (excludes halogenated alkanes) is 27. The fourth-order valence-electron chi connectivity index (χ4n) is 7.97. The van der Waals surface area contributed by atoms with Crippen LogP contribution in [-0.4, -0.2) is 89.0 Å². The molecule has 0 aromatic heterocycles. The molecule has 368 valence electrons. The zero-order valence-electron chi connectivity index (χ0n) is 40.3. The van der Waals surface area contributed by atoms with Crippen molar-refractivity contribution in [3.05, 3.63) is 36.5 Å². The van der Waals surface area contributed by atoms with Crippen LogP contribution in [0.4, 0.5) is 0 Å². The molecule has 1 aliphatic rings. The second kappa shape index (κ2) is 43.8. The maximum absolute atomic E-state index is 12.8. The molecule has 1 fully saturated rings. The summed E-state index contributed by atoms with van der Waals surface area (Å²) in [6, 6.07) is 0. The van der Waals surface area contributed by atoms with E-state index in [-0.39, 0.29) is 32.0 Å². The monoisotopic (exact) mass is 893 g/mol. The molecule has 0 spiro atoms. The second-order valence-electron chi connectivity index (χ2n) is 18.0. The highest BCUT2D eigenvalue weighted by Gasteiger charge is 2.44. The molecule has 0 saturated carbocycles. The Kier molecular flexibility index (Phi) is 41.0. The van der Waals surface area contributed by atoms with E-state index >= 15 is 0 Å². The molecule has 0 aromatic carbocycles. The van der Waals surface area contributed by atoms with E-state index in [4.69, 9.17) is 18.9 Å². The molecule has 10 heteroatoms. The molecule has 6 atom stereocenters. The summed E-state index contributed by atoms with van der Waals surface area (Å²) in [5.41, 5.74) is 0. The van der Waals surface area contributed by atoms with Gasteiger partial charge in [-0.2, -0.15) is 0 Å². The molecule has 0 aromatic rings. The van der Waals surface area contributed by atoms with Crippen LogP contribution in [0.15, 0.2) is 36.5 Å². The van der Waals surface area contributed by atoms with Crippen LogP contribution in [0, 0.1) is 0 Å². The van der Waals surface area contributed by atoms with Crippen molar-refractivity contribution in [1.29, 1.82) is 0 Å². The number of carbonyl (C=O) groups excluding carboxylic acids is 2. The highest BCUT2D eigenvalue weighted by molar-refractivity contribution is 5.70.